The van der Waals surface area contributed by atoms with Crippen LogP contribution in [0.1, 0.15) is 36.5 Å². The molecule has 0 aromatic heterocycles. The average Bonchev–Trinajstić information content (AvgIpc) is 2.62. The van der Waals surface area contributed by atoms with Crippen molar-refractivity contribution < 1.29 is 23.1 Å². The van der Waals surface area contributed by atoms with Crippen molar-refractivity contribution in [2.45, 2.75) is 37.1 Å². The molecule has 0 fully saturated rings. The first-order chi connectivity index (χ1) is 12.8. The quantitative estimate of drug-likeness (QED) is 0.609. The van der Waals surface area contributed by atoms with Gasteiger partial charge in [-0.05, 0) is 36.8 Å². The van der Waals surface area contributed by atoms with Gasteiger partial charge in [0.15, 0.2) is 0 Å². The molecular weight excluding hydrogens is 368 g/mol. The third-order valence-electron chi connectivity index (χ3n) is 3.82. The van der Waals surface area contributed by atoms with Crippen LogP contribution in [0, 0.1) is 0 Å². The Hall–Kier alpha value is -2.87. The zero-order chi connectivity index (χ0) is 19.9. The van der Waals surface area contributed by atoms with Gasteiger partial charge in [-0.15, -0.1) is 0 Å². The fourth-order valence-corrected chi connectivity index (χ4v) is 3.66. The van der Waals surface area contributed by atoms with E-state index in [4.69, 9.17) is 5.11 Å². The number of rotatable bonds is 9. The molecule has 1 atom stereocenters. The van der Waals surface area contributed by atoms with E-state index in [9.17, 15) is 18.0 Å². The highest BCUT2D eigenvalue weighted by Crippen LogP contribution is 2.17. The minimum atomic E-state index is -3.76. The van der Waals surface area contributed by atoms with E-state index in [1.54, 1.807) is 30.3 Å². The SMILES string of the molecule is CCC[C@@H](CC(=O)O)NC(=O)c1cccc(NS(=O)(=O)c2ccccc2)c1. The van der Waals surface area contributed by atoms with Crippen LogP contribution < -0.4 is 10.0 Å². The van der Waals surface area contributed by atoms with E-state index in [-0.39, 0.29) is 22.6 Å². The summed E-state index contributed by atoms with van der Waals surface area (Å²) in [5, 5.41) is 11.6. The fraction of sp³-hybridized carbons (Fsp3) is 0.263. The van der Waals surface area contributed by atoms with Crippen molar-refractivity contribution in [1.82, 2.24) is 5.32 Å². The molecule has 2 aromatic rings. The lowest BCUT2D eigenvalue weighted by molar-refractivity contribution is -0.137. The summed E-state index contributed by atoms with van der Waals surface area (Å²) in [6, 6.07) is 13.5. The van der Waals surface area contributed by atoms with Crippen molar-refractivity contribution >= 4 is 27.6 Å². The molecule has 0 saturated carbocycles. The number of carbonyl (C=O) groups excluding carboxylic acids is 1. The predicted octanol–water partition coefficient (Wildman–Crippen LogP) is 2.86. The molecule has 0 radical (unpaired) electrons. The van der Waals surface area contributed by atoms with Crippen molar-refractivity contribution in [3.63, 3.8) is 0 Å². The van der Waals surface area contributed by atoms with Gasteiger partial charge in [-0.3, -0.25) is 14.3 Å². The van der Waals surface area contributed by atoms with Crippen LogP contribution in [-0.4, -0.2) is 31.4 Å². The molecule has 0 aliphatic heterocycles. The van der Waals surface area contributed by atoms with Gasteiger partial charge in [0.1, 0.15) is 0 Å². The van der Waals surface area contributed by atoms with Crippen molar-refractivity contribution in [2.75, 3.05) is 4.72 Å². The van der Waals surface area contributed by atoms with Gasteiger partial charge in [-0.1, -0.05) is 37.6 Å². The lowest BCUT2D eigenvalue weighted by Gasteiger charge is -2.16. The Balaban J connectivity index is 2.14. The van der Waals surface area contributed by atoms with Gasteiger partial charge < -0.3 is 10.4 Å². The maximum atomic E-state index is 12.4. The van der Waals surface area contributed by atoms with E-state index in [2.05, 4.69) is 10.0 Å². The monoisotopic (exact) mass is 390 g/mol. The van der Waals surface area contributed by atoms with Gasteiger partial charge in [0, 0.05) is 17.3 Å². The van der Waals surface area contributed by atoms with Gasteiger partial charge in [-0.2, -0.15) is 0 Å². The first-order valence-corrected chi connectivity index (χ1v) is 10.0. The van der Waals surface area contributed by atoms with Crippen LogP contribution in [0.2, 0.25) is 0 Å². The van der Waals surface area contributed by atoms with Crippen molar-refractivity contribution in [3.05, 3.63) is 60.2 Å². The third kappa shape index (κ3) is 6.10. The van der Waals surface area contributed by atoms with E-state index < -0.39 is 27.9 Å². The van der Waals surface area contributed by atoms with Crippen LogP contribution in [0.4, 0.5) is 5.69 Å². The van der Waals surface area contributed by atoms with E-state index >= 15 is 0 Å². The molecular formula is C19H22N2O5S. The van der Waals surface area contributed by atoms with E-state index in [1.165, 1.54) is 24.3 Å². The molecule has 2 rings (SSSR count). The largest absolute Gasteiger partial charge is 0.481 e. The summed E-state index contributed by atoms with van der Waals surface area (Å²) in [5.41, 5.74) is 0.492. The molecule has 0 unspecified atom stereocenters. The molecule has 0 heterocycles. The number of nitrogens with one attached hydrogen (secondary N) is 2. The molecule has 1 amide bonds. The number of sulfonamides is 1. The van der Waals surface area contributed by atoms with Gasteiger partial charge in [-0.25, -0.2) is 8.42 Å². The van der Waals surface area contributed by atoms with Gasteiger partial charge >= 0.3 is 5.97 Å². The summed E-state index contributed by atoms with van der Waals surface area (Å²) in [4.78, 5) is 23.5. The number of hydrogen-bond acceptors (Lipinski definition) is 4. The summed E-state index contributed by atoms with van der Waals surface area (Å²) < 4.78 is 27.2. The van der Waals surface area contributed by atoms with Crippen LogP contribution in [-0.2, 0) is 14.8 Å². The highest BCUT2D eigenvalue weighted by molar-refractivity contribution is 7.92. The molecule has 3 N–H and O–H groups in total. The number of carboxylic acid groups (broad SMARTS) is 1. The Morgan fingerprint density at radius 3 is 2.41 bits per heavy atom. The Morgan fingerprint density at radius 1 is 1.07 bits per heavy atom. The van der Waals surface area contributed by atoms with Crippen LogP contribution in [0.15, 0.2) is 59.5 Å². The molecule has 144 valence electrons. The van der Waals surface area contributed by atoms with Crippen molar-refractivity contribution in [2.24, 2.45) is 0 Å². The second-order valence-electron chi connectivity index (χ2n) is 6.06. The molecule has 0 bridgehead atoms. The van der Waals surface area contributed by atoms with Crippen LogP contribution in [0.25, 0.3) is 0 Å². The second kappa shape index (κ2) is 9.18. The van der Waals surface area contributed by atoms with Crippen LogP contribution in [0.5, 0.6) is 0 Å². The lowest BCUT2D eigenvalue weighted by atomic mass is 10.1. The molecule has 0 aliphatic rings. The molecule has 0 spiro atoms. The minimum absolute atomic E-state index is 0.115. The van der Waals surface area contributed by atoms with Gasteiger partial charge in [0.2, 0.25) is 0 Å². The standard InChI is InChI=1S/C19H22N2O5S/c1-2-7-15(13-18(22)23)20-19(24)14-8-6-9-16(12-14)21-27(25,26)17-10-4-3-5-11-17/h3-6,8-12,15,21H,2,7,13H2,1H3,(H,20,24)(H,22,23)/t15-/m0/s1. The zero-order valence-electron chi connectivity index (χ0n) is 14.9. The molecule has 0 saturated heterocycles. The summed E-state index contributed by atoms with van der Waals surface area (Å²) in [6.07, 6.45) is 1.10. The number of hydrogen-bond donors (Lipinski definition) is 3. The minimum Gasteiger partial charge on any atom is -0.481 e. The Labute approximate surface area is 158 Å². The first kappa shape index (κ1) is 20.4. The van der Waals surface area contributed by atoms with Crippen molar-refractivity contribution in [1.29, 1.82) is 0 Å². The van der Waals surface area contributed by atoms with E-state index in [0.29, 0.717) is 6.42 Å². The number of anilines is 1. The highest BCUT2D eigenvalue weighted by Gasteiger charge is 2.18. The van der Waals surface area contributed by atoms with E-state index in [1.807, 2.05) is 6.92 Å². The Bertz CT molecular complexity index is 897. The summed E-state index contributed by atoms with van der Waals surface area (Å²) in [5.74, 6) is -1.44. The maximum absolute atomic E-state index is 12.4. The molecule has 2 aromatic carbocycles. The molecule has 27 heavy (non-hydrogen) atoms. The Morgan fingerprint density at radius 2 is 1.78 bits per heavy atom. The highest BCUT2D eigenvalue weighted by atomic mass is 32.2. The number of carbonyl (C=O) groups is 2. The zero-order valence-corrected chi connectivity index (χ0v) is 15.7. The molecule has 8 heteroatoms. The average molecular weight is 390 g/mol. The summed E-state index contributed by atoms with van der Waals surface area (Å²) in [7, 11) is -3.76. The first-order valence-electron chi connectivity index (χ1n) is 8.52. The molecule has 0 aliphatic carbocycles. The van der Waals surface area contributed by atoms with Crippen molar-refractivity contribution in [3.8, 4) is 0 Å². The normalized spacial score (nSPS) is 12.2. The number of aliphatic carboxylic acids is 1. The lowest BCUT2D eigenvalue weighted by Crippen LogP contribution is -2.36. The van der Waals surface area contributed by atoms with Crippen LogP contribution in [0.3, 0.4) is 0 Å². The van der Waals surface area contributed by atoms with Crippen LogP contribution >= 0.6 is 0 Å². The fourth-order valence-electron chi connectivity index (χ4n) is 2.59. The van der Waals surface area contributed by atoms with Gasteiger partial charge in [0.25, 0.3) is 15.9 Å². The van der Waals surface area contributed by atoms with Gasteiger partial charge in [0.05, 0.1) is 11.3 Å². The molecule has 7 nitrogen and oxygen atoms in total. The Kier molecular flexibility index (Phi) is 6.95. The number of benzene rings is 2. The maximum Gasteiger partial charge on any atom is 0.305 e. The van der Waals surface area contributed by atoms with E-state index in [0.717, 1.165) is 6.42 Å². The summed E-state index contributed by atoms with van der Waals surface area (Å²) in [6.45, 7) is 1.90. The number of amides is 1. The number of carboxylic acids is 1. The second-order valence-corrected chi connectivity index (χ2v) is 7.74. The predicted molar refractivity (Wildman–Crippen MR) is 102 cm³/mol. The smallest absolute Gasteiger partial charge is 0.305 e. The third-order valence-corrected chi connectivity index (χ3v) is 5.22. The summed E-state index contributed by atoms with van der Waals surface area (Å²) >= 11 is 0. The topological polar surface area (TPSA) is 113 Å².